The van der Waals surface area contributed by atoms with Crippen LogP contribution in [0.5, 0.6) is 0 Å². The summed E-state index contributed by atoms with van der Waals surface area (Å²) in [4.78, 5) is 40.5. The van der Waals surface area contributed by atoms with Crippen LogP contribution in [0.3, 0.4) is 0 Å². The molecule has 7 nitrogen and oxygen atoms in total. The van der Waals surface area contributed by atoms with Gasteiger partial charge in [-0.1, -0.05) is 32.0 Å². The molecule has 35 heavy (non-hydrogen) atoms. The third kappa shape index (κ3) is 4.11. The van der Waals surface area contributed by atoms with E-state index in [9.17, 15) is 28.4 Å². The van der Waals surface area contributed by atoms with E-state index in [1.807, 2.05) is 6.07 Å². The highest BCUT2D eigenvalue weighted by Crippen LogP contribution is 2.47. The van der Waals surface area contributed by atoms with Crippen molar-refractivity contribution in [3.05, 3.63) is 59.7 Å². The lowest BCUT2D eigenvalue weighted by Gasteiger charge is -2.31. The molecule has 3 atom stereocenters. The number of nitrogens with zero attached hydrogens (tertiary/aromatic N) is 2. The van der Waals surface area contributed by atoms with Gasteiger partial charge in [0.15, 0.2) is 0 Å². The number of rotatable bonds is 5. The minimum Gasteiger partial charge on any atom is -0.325 e. The fraction of sp³-hybridized carbons (Fsp3) is 0.360. The van der Waals surface area contributed by atoms with Gasteiger partial charge in [-0.3, -0.25) is 14.4 Å². The molecule has 1 spiro atoms. The van der Waals surface area contributed by atoms with E-state index in [4.69, 9.17) is 0 Å². The number of halogens is 3. The van der Waals surface area contributed by atoms with E-state index in [1.54, 1.807) is 38.1 Å². The largest absolute Gasteiger partial charge is 0.325 e. The summed E-state index contributed by atoms with van der Waals surface area (Å²) in [6.45, 7) is 2.91. The van der Waals surface area contributed by atoms with E-state index in [-0.39, 0.29) is 18.7 Å². The molecular weight excluding hydrogens is 461 g/mol. The summed E-state index contributed by atoms with van der Waals surface area (Å²) in [5.74, 6) is -5.54. The molecule has 0 aromatic heterocycles. The Kier molecular flexibility index (Phi) is 6.05. The second-order valence-electron chi connectivity index (χ2n) is 9.38. The maximum Gasteiger partial charge on any atom is 0.271 e. The summed E-state index contributed by atoms with van der Waals surface area (Å²) < 4.78 is 43.5. The third-order valence-electron chi connectivity index (χ3n) is 6.40. The molecule has 1 saturated heterocycles. The van der Waals surface area contributed by atoms with Crippen LogP contribution in [0, 0.1) is 28.9 Å². The van der Waals surface area contributed by atoms with Crippen molar-refractivity contribution in [1.82, 2.24) is 4.90 Å². The second kappa shape index (κ2) is 8.73. The van der Waals surface area contributed by atoms with Gasteiger partial charge in [-0.15, -0.1) is 0 Å². The third-order valence-corrected chi connectivity index (χ3v) is 6.40. The number of carbonyl (C=O) groups excluding carboxylic acids is 3. The zero-order valence-corrected chi connectivity index (χ0v) is 19.1. The number of hydrogen-bond donors (Lipinski definition) is 2. The first-order valence-electron chi connectivity index (χ1n) is 11.1. The Morgan fingerprint density at radius 1 is 1.26 bits per heavy atom. The first-order valence-corrected chi connectivity index (χ1v) is 11.1. The quantitative estimate of drug-likeness (QED) is 0.632. The molecule has 0 bridgehead atoms. The van der Waals surface area contributed by atoms with Crippen molar-refractivity contribution in [3.63, 3.8) is 0 Å². The van der Waals surface area contributed by atoms with Gasteiger partial charge in [0, 0.05) is 36.8 Å². The zero-order chi connectivity index (χ0) is 25.5. The fourth-order valence-corrected chi connectivity index (χ4v) is 4.89. The molecule has 2 heterocycles. The van der Waals surface area contributed by atoms with Crippen molar-refractivity contribution < 1.29 is 27.6 Å². The maximum atomic E-state index is 16.3. The van der Waals surface area contributed by atoms with Crippen LogP contribution in [0.15, 0.2) is 42.5 Å². The normalized spacial score (nSPS) is 22.5. The van der Waals surface area contributed by atoms with Crippen LogP contribution in [-0.2, 0) is 19.8 Å². The van der Waals surface area contributed by atoms with Crippen molar-refractivity contribution in [3.8, 4) is 6.07 Å². The van der Waals surface area contributed by atoms with Crippen LogP contribution in [-0.4, -0.2) is 40.9 Å². The standard InChI is InChI=1S/C25H23F3N4O3/c1-14(2)10-25(28,22(34)30-17-8-15(26)7-16(27)9-17)23(35)32-13-24(11-18(32)12-29)19-5-3-4-6-20(19)31-21(24)33/h3-9,14,18H,10-11,13H2,1-2H3,(H,30,34)(H,31,33)/t18-,24-,25?/m0/s1. The number of fused-ring (bicyclic) bond motifs is 2. The number of alkyl halides is 1. The van der Waals surface area contributed by atoms with E-state index in [2.05, 4.69) is 10.6 Å². The van der Waals surface area contributed by atoms with Gasteiger partial charge in [0.2, 0.25) is 5.91 Å². The average molecular weight is 484 g/mol. The number of amides is 3. The second-order valence-corrected chi connectivity index (χ2v) is 9.38. The van der Waals surface area contributed by atoms with Gasteiger partial charge in [0.1, 0.15) is 17.7 Å². The number of nitrogens with one attached hydrogen (secondary N) is 2. The molecule has 2 aromatic carbocycles. The van der Waals surface area contributed by atoms with Crippen molar-refractivity contribution in [2.24, 2.45) is 5.92 Å². The summed E-state index contributed by atoms with van der Waals surface area (Å²) in [7, 11) is 0. The molecule has 0 aliphatic carbocycles. The Morgan fingerprint density at radius 2 is 1.91 bits per heavy atom. The number of carbonyl (C=O) groups is 3. The Morgan fingerprint density at radius 3 is 2.54 bits per heavy atom. The van der Waals surface area contributed by atoms with Gasteiger partial charge in [-0.05, 0) is 29.7 Å². The molecule has 10 heteroatoms. The van der Waals surface area contributed by atoms with Crippen LogP contribution >= 0.6 is 0 Å². The van der Waals surface area contributed by atoms with E-state index < -0.39 is 58.8 Å². The summed E-state index contributed by atoms with van der Waals surface area (Å²) >= 11 is 0. The highest BCUT2D eigenvalue weighted by atomic mass is 19.1. The van der Waals surface area contributed by atoms with E-state index in [1.165, 1.54) is 0 Å². The van der Waals surface area contributed by atoms with Gasteiger partial charge in [-0.2, -0.15) is 5.26 Å². The molecule has 1 fully saturated rings. The molecular formula is C25H23F3N4O3. The highest BCUT2D eigenvalue weighted by molar-refractivity contribution is 6.14. The van der Waals surface area contributed by atoms with Crippen molar-refractivity contribution in [2.45, 2.75) is 43.8 Å². The lowest BCUT2D eigenvalue weighted by molar-refractivity contribution is -0.152. The monoisotopic (exact) mass is 484 g/mol. The van der Waals surface area contributed by atoms with Gasteiger partial charge >= 0.3 is 0 Å². The average Bonchev–Trinajstić information content (AvgIpc) is 3.30. The van der Waals surface area contributed by atoms with Crippen LogP contribution in [0.4, 0.5) is 24.5 Å². The number of hydrogen-bond acceptors (Lipinski definition) is 4. The molecule has 2 aromatic rings. The summed E-state index contributed by atoms with van der Waals surface area (Å²) in [6.07, 6.45) is -0.605. The summed E-state index contributed by atoms with van der Waals surface area (Å²) in [5, 5.41) is 14.6. The first kappa shape index (κ1) is 24.3. The Hall–Kier alpha value is -3.87. The van der Waals surface area contributed by atoms with Crippen molar-refractivity contribution >= 4 is 29.1 Å². The molecule has 2 aliphatic rings. The predicted octanol–water partition coefficient (Wildman–Crippen LogP) is 3.67. The van der Waals surface area contributed by atoms with E-state index in [0.29, 0.717) is 17.3 Å². The number of likely N-dealkylation sites (tertiary alicyclic amines) is 1. The lowest BCUT2D eigenvalue weighted by Crippen LogP contribution is -2.55. The lowest BCUT2D eigenvalue weighted by atomic mass is 9.80. The first-order chi connectivity index (χ1) is 16.5. The SMILES string of the molecule is CC(C)CC(F)(C(=O)Nc1cc(F)cc(F)c1)C(=O)N1C[C@]2(C[C@H]1C#N)C(=O)Nc1ccccc12. The van der Waals surface area contributed by atoms with E-state index in [0.717, 1.165) is 17.0 Å². The molecule has 0 saturated carbocycles. The number of nitriles is 1. The smallest absolute Gasteiger partial charge is 0.271 e. The fourth-order valence-electron chi connectivity index (χ4n) is 4.89. The van der Waals surface area contributed by atoms with Gasteiger partial charge < -0.3 is 15.5 Å². The van der Waals surface area contributed by atoms with Crippen LogP contribution in [0.25, 0.3) is 0 Å². The highest BCUT2D eigenvalue weighted by Gasteiger charge is 2.60. The Labute approximate surface area is 199 Å². The zero-order valence-electron chi connectivity index (χ0n) is 19.1. The van der Waals surface area contributed by atoms with Crippen LogP contribution in [0.2, 0.25) is 0 Å². The molecule has 0 radical (unpaired) electrons. The van der Waals surface area contributed by atoms with Crippen molar-refractivity contribution in [1.29, 1.82) is 5.26 Å². The van der Waals surface area contributed by atoms with E-state index >= 15 is 4.39 Å². The molecule has 2 N–H and O–H groups in total. The Bertz CT molecular complexity index is 1240. The molecule has 2 aliphatic heterocycles. The van der Waals surface area contributed by atoms with Gasteiger partial charge in [0.25, 0.3) is 17.5 Å². The molecule has 182 valence electrons. The Balaban J connectivity index is 1.68. The molecule has 3 amide bonds. The van der Waals surface area contributed by atoms with Crippen molar-refractivity contribution in [2.75, 3.05) is 17.2 Å². The maximum absolute atomic E-state index is 16.3. The minimum atomic E-state index is -3.15. The number of benzene rings is 2. The topological polar surface area (TPSA) is 102 Å². The minimum absolute atomic E-state index is 0.0629. The van der Waals surface area contributed by atoms with Gasteiger partial charge in [0.05, 0.1) is 11.5 Å². The summed E-state index contributed by atoms with van der Waals surface area (Å²) in [6, 6.07) is 9.81. The predicted molar refractivity (Wildman–Crippen MR) is 121 cm³/mol. The molecule has 1 unspecified atom stereocenters. The van der Waals surface area contributed by atoms with Crippen LogP contribution in [0.1, 0.15) is 32.3 Å². The molecule has 4 rings (SSSR count). The number of anilines is 2. The summed E-state index contributed by atoms with van der Waals surface area (Å²) in [5.41, 5.74) is -3.62. The van der Waals surface area contributed by atoms with Gasteiger partial charge in [-0.25, -0.2) is 13.2 Å². The number of para-hydroxylation sites is 1. The van der Waals surface area contributed by atoms with Crippen LogP contribution < -0.4 is 10.6 Å².